The summed E-state index contributed by atoms with van der Waals surface area (Å²) < 4.78 is 0. The first-order chi connectivity index (χ1) is 11.6. The van der Waals surface area contributed by atoms with E-state index in [2.05, 4.69) is 5.32 Å². The summed E-state index contributed by atoms with van der Waals surface area (Å²) in [6, 6.07) is 5.43. The molecule has 2 unspecified atom stereocenters. The maximum atomic E-state index is 12.9. The van der Waals surface area contributed by atoms with E-state index in [0.717, 1.165) is 0 Å². The van der Waals surface area contributed by atoms with E-state index in [-0.39, 0.29) is 28.9 Å². The number of carbonyl (C=O) groups excluding carboxylic acids is 3. The first-order valence-electron chi connectivity index (χ1n) is 8.23. The summed E-state index contributed by atoms with van der Waals surface area (Å²) in [7, 11) is 0. The van der Waals surface area contributed by atoms with Crippen molar-refractivity contribution in [2.45, 2.75) is 33.6 Å². The minimum atomic E-state index is -1.34. The topological polar surface area (TPSA) is 106 Å². The van der Waals surface area contributed by atoms with Gasteiger partial charge in [-0.25, -0.2) is 0 Å². The van der Waals surface area contributed by atoms with Gasteiger partial charge in [-0.1, -0.05) is 26.8 Å². The fourth-order valence-corrected chi connectivity index (χ4v) is 4.25. The molecule has 3 atom stereocenters. The minimum Gasteiger partial charge on any atom is -0.325 e. The van der Waals surface area contributed by atoms with Gasteiger partial charge < -0.3 is 5.32 Å². The molecule has 0 spiro atoms. The maximum absolute atomic E-state index is 12.9. The number of ketones is 2. The molecule has 0 aromatic heterocycles. The van der Waals surface area contributed by atoms with Crippen LogP contribution in [0.4, 0.5) is 11.4 Å². The number of nitro benzene ring substituents is 1. The van der Waals surface area contributed by atoms with Crippen molar-refractivity contribution in [1.82, 2.24) is 0 Å². The lowest BCUT2D eigenvalue weighted by Gasteiger charge is -2.45. The van der Waals surface area contributed by atoms with Crippen molar-refractivity contribution < 1.29 is 19.3 Å². The Morgan fingerprint density at radius 2 is 1.96 bits per heavy atom. The molecule has 7 heteroatoms. The van der Waals surface area contributed by atoms with Crippen LogP contribution in [0.2, 0.25) is 0 Å². The normalized spacial score (nSPS) is 30.2. The number of nitro groups is 1. The standard InChI is InChI=1S/C18H20N2O5/c1-17(2)12-7-8-18(17,3)15(22)13(14(12)21)16(23)19-10-5-4-6-11(9-10)20(24)25/h4-6,9,12-13H,7-8H2,1-3H3,(H,19,23)/t12?,13?,18-/m0/s1. The Kier molecular flexibility index (Phi) is 3.78. The van der Waals surface area contributed by atoms with Crippen molar-refractivity contribution in [2.75, 3.05) is 5.32 Å². The van der Waals surface area contributed by atoms with Crippen molar-refractivity contribution >= 4 is 28.8 Å². The van der Waals surface area contributed by atoms with Crippen LogP contribution in [0.1, 0.15) is 33.6 Å². The molecule has 7 nitrogen and oxygen atoms in total. The fraction of sp³-hybridized carbons (Fsp3) is 0.500. The third-order valence-corrected chi connectivity index (χ3v) is 6.25. The van der Waals surface area contributed by atoms with Crippen LogP contribution in [-0.2, 0) is 14.4 Å². The predicted molar refractivity (Wildman–Crippen MR) is 89.8 cm³/mol. The highest BCUT2D eigenvalue weighted by molar-refractivity contribution is 6.25. The number of rotatable bonds is 3. The Balaban J connectivity index is 1.88. The van der Waals surface area contributed by atoms with E-state index in [1.807, 2.05) is 20.8 Å². The van der Waals surface area contributed by atoms with Crippen molar-refractivity contribution in [1.29, 1.82) is 0 Å². The van der Waals surface area contributed by atoms with Crippen molar-refractivity contribution in [3.8, 4) is 0 Å². The summed E-state index contributed by atoms with van der Waals surface area (Å²) >= 11 is 0. The number of benzene rings is 1. The summed E-state index contributed by atoms with van der Waals surface area (Å²) in [5.74, 6) is -3.06. The lowest BCUT2D eigenvalue weighted by atomic mass is 9.55. The van der Waals surface area contributed by atoms with Crippen LogP contribution in [0.15, 0.2) is 24.3 Å². The van der Waals surface area contributed by atoms with E-state index >= 15 is 0 Å². The first-order valence-corrected chi connectivity index (χ1v) is 8.23. The van der Waals surface area contributed by atoms with E-state index in [4.69, 9.17) is 0 Å². The summed E-state index contributed by atoms with van der Waals surface area (Å²) in [5, 5.41) is 13.3. The van der Waals surface area contributed by atoms with Crippen molar-refractivity contribution in [3.63, 3.8) is 0 Å². The molecule has 1 N–H and O–H groups in total. The molecule has 2 aliphatic rings. The lowest BCUT2D eigenvalue weighted by Crippen LogP contribution is -2.56. The molecule has 0 saturated heterocycles. The van der Waals surface area contributed by atoms with E-state index in [0.29, 0.717) is 12.8 Å². The minimum absolute atomic E-state index is 0.174. The van der Waals surface area contributed by atoms with E-state index in [1.165, 1.54) is 24.3 Å². The average Bonchev–Trinajstić information content (AvgIpc) is 2.71. The molecule has 3 rings (SSSR count). The molecule has 0 aliphatic heterocycles. The van der Waals surface area contributed by atoms with Gasteiger partial charge in [0.15, 0.2) is 17.5 Å². The number of hydrogen-bond acceptors (Lipinski definition) is 5. The Morgan fingerprint density at radius 3 is 2.60 bits per heavy atom. The van der Waals surface area contributed by atoms with Gasteiger partial charge in [-0.15, -0.1) is 0 Å². The molecule has 25 heavy (non-hydrogen) atoms. The Hall–Kier alpha value is -2.57. The molecule has 132 valence electrons. The van der Waals surface area contributed by atoms with Crippen LogP contribution >= 0.6 is 0 Å². The highest BCUT2D eigenvalue weighted by Gasteiger charge is 2.66. The van der Waals surface area contributed by atoms with Gasteiger partial charge in [-0.05, 0) is 24.3 Å². The number of fused-ring (bicyclic) bond motifs is 2. The third kappa shape index (κ3) is 2.37. The van der Waals surface area contributed by atoms with E-state index < -0.39 is 27.6 Å². The van der Waals surface area contributed by atoms with E-state index in [1.54, 1.807) is 0 Å². The van der Waals surface area contributed by atoms with E-state index in [9.17, 15) is 24.5 Å². The number of amides is 1. The van der Waals surface area contributed by atoms with Crippen molar-refractivity contribution in [3.05, 3.63) is 34.4 Å². The lowest BCUT2D eigenvalue weighted by molar-refractivity contribution is -0.384. The second-order valence-electron chi connectivity index (χ2n) is 7.64. The van der Waals surface area contributed by atoms with Crippen molar-refractivity contribution in [2.24, 2.45) is 22.7 Å². The summed E-state index contributed by atoms with van der Waals surface area (Å²) in [6.45, 7) is 5.65. The van der Waals surface area contributed by atoms with Crippen LogP contribution in [0, 0.1) is 32.8 Å². The molecule has 1 aromatic carbocycles. The van der Waals surface area contributed by atoms with Gasteiger partial charge in [0.1, 0.15) is 0 Å². The predicted octanol–water partition coefficient (Wildman–Crippen LogP) is 2.74. The Labute approximate surface area is 144 Å². The largest absolute Gasteiger partial charge is 0.325 e. The second kappa shape index (κ2) is 5.47. The van der Waals surface area contributed by atoms with Crippen LogP contribution in [0.3, 0.4) is 0 Å². The molecule has 0 heterocycles. The maximum Gasteiger partial charge on any atom is 0.271 e. The first kappa shape index (κ1) is 17.3. The molecule has 2 fully saturated rings. The zero-order valence-electron chi connectivity index (χ0n) is 14.4. The third-order valence-electron chi connectivity index (χ3n) is 6.25. The van der Waals surface area contributed by atoms with Gasteiger partial charge in [0, 0.05) is 29.2 Å². The molecular weight excluding hydrogens is 324 g/mol. The molecule has 2 saturated carbocycles. The van der Waals surface area contributed by atoms with Gasteiger partial charge in [-0.2, -0.15) is 0 Å². The van der Waals surface area contributed by atoms with Gasteiger partial charge in [-0.3, -0.25) is 24.5 Å². The molecule has 2 aliphatic carbocycles. The quantitative estimate of drug-likeness (QED) is 0.515. The number of carbonyl (C=O) groups is 3. The molecule has 1 amide bonds. The highest BCUT2D eigenvalue weighted by Crippen LogP contribution is 2.61. The van der Waals surface area contributed by atoms with Crippen LogP contribution < -0.4 is 5.32 Å². The summed E-state index contributed by atoms with van der Waals surface area (Å²) in [6.07, 6.45) is 1.20. The Bertz CT molecular complexity index is 800. The second-order valence-corrected chi connectivity index (χ2v) is 7.64. The molecule has 1 aromatic rings. The van der Waals surface area contributed by atoms with Crippen LogP contribution in [-0.4, -0.2) is 22.4 Å². The van der Waals surface area contributed by atoms with Gasteiger partial charge >= 0.3 is 0 Å². The molecule has 0 radical (unpaired) electrons. The summed E-state index contributed by atoms with van der Waals surface area (Å²) in [4.78, 5) is 48.6. The van der Waals surface area contributed by atoms with Gasteiger partial charge in [0.05, 0.1) is 4.92 Å². The number of Topliss-reactive ketones (excluding diaryl/α,β-unsaturated/α-hetero) is 2. The molecular formula is C18H20N2O5. The van der Waals surface area contributed by atoms with Gasteiger partial charge in [0.2, 0.25) is 5.91 Å². The Morgan fingerprint density at radius 1 is 1.28 bits per heavy atom. The number of nitrogens with zero attached hydrogens (tertiary/aromatic N) is 1. The highest BCUT2D eigenvalue weighted by atomic mass is 16.6. The number of anilines is 1. The number of non-ortho nitro benzene ring substituents is 1. The smallest absolute Gasteiger partial charge is 0.271 e. The molecule has 2 bridgehead atoms. The van der Waals surface area contributed by atoms with Crippen LogP contribution in [0.5, 0.6) is 0 Å². The fourth-order valence-electron chi connectivity index (χ4n) is 4.25. The average molecular weight is 344 g/mol. The summed E-state index contributed by atoms with van der Waals surface area (Å²) in [5.41, 5.74) is -1.16. The zero-order chi connectivity index (χ0) is 18.6. The zero-order valence-corrected chi connectivity index (χ0v) is 14.4. The number of hydrogen-bond donors (Lipinski definition) is 1. The SMILES string of the molecule is CC1(C)C2CC[C@@]1(C)C(=O)C(C(=O)Nc1cccc([N+](=O)[O-])c1)C2=O. The number of nitrogens with one attached hydrogen (secondary N) is 1. The van der Waals surface area contributed by atoms with Crippen LogP contribution in [0.25, 0.3) is 0 Å². The monoisotopic (exact) mass is 344 g/mol. The van der Waals surface area contributed by atoms with Gasteiger partial charge in [0.25, 0.3) is 5.69 Å².